The first kappa shape index (κ1) is 31.5. The molecule has 12 heteroatoms. The van der Waals surface area contributed by atoms with E-state index in [1.165, 1.54) is 0 Å². The van der Waals surface area contributed by atoms with Crippen molar-refractivity contribution in [2.75, 3.05) is 6.61 Å². The number of hydrogen-bond acceptors (Lipinski definition) is 9. The molecule has 0 aromatic carbocycles. The molecule has 0 bridgehead atoms. The lowest BCUT2D eigenvalue weighted by atomic mass is 9.98. The van der Waals surface area contributed by atoms with Crippen LogP contribution in [0.15, 0.2) is 0 Å². The molecule has 9 nitrogen and oxygen atoms in total. The molecule has 2 aliphatic heterocycles. The average molecular weight is 503 g/mol. The van der Waals surface area contributed by atoms with E-state index in [1.807, 2.05) is 20.8 Å². The molecule has 4 unspecified atom stereocenters. The van der Waals surface area contributed by atoms with Gasteiger partial charge < -0.3 is 47.0 Å². The highest BCUT2D eigenvalue weighted by Gasteiger charge is 2.46. The molecule has 9 N–H and O–H groups in total. The third-order valence-electron chi connectivity index (χ3n) is 5.29. The summed E-state index contributed by atoms with van der Waals surface area (Å²) in [6, 6.07) is -2.92. The molecule has 204 valence electrons. The lowest BCUT2D eigenvalue weighted by Crippen LogP contribution is -2.56. The Morgan fingerprint density at radius 3 is 1.53 bits per heavy atom. The van der Waals surface area contributed by atoms with Crippen molar-refractivity contribution in [3.63, 3.8) is 0 Å². The molecule has 0 aliphatic carbocycles. The minimum Gasteiger partial charge on any atom is -0.395 e. The van der Waals surface area contributed by atoms with Gasteiger partial charge in [0, 0.05) is 0 Å². The maximum atomic E-state index is 12.5. The predicted molar refractivity (Wildman–Crippen MR) is 123 cm³/mol. The Hall–Kier alpha value is -0.570. The van der Waals surface area contributed by atoms with Crippen molar-refractivity contribution >= 4 is 0 Å². The van der Waals surface area contributed by atoms with Crippen LogP contribution in [0.25, 0.3) is 0 Å². The third-order valence-corrected chi connectivity index (χ3v) is 5.29. The lowest BCUT2D eigenvalue weighted by Gasteiger charge is -2.40. The van der Waals surface area contributed by atoms with Gasteiger partial charge in [-0.05, 0) is 67.2 Å². The fourth-order valence-corrected chi connectivity index (χ4v) is 3.50. The van der Waals surface area contributed by atoms with E-state index < -0.39 is 42.5 Å². The Bertz CT molecular complexity index is 601. The van der Waals surface area contributed by atoms with Gasteiger partial charge in [-0.1, -0.05) is 0 Å². The first-order valence-corrected chi connectivity index (χ1v) is 11.7. The largest absolute Gasteiger partial charge is 0.406 e. The Kier molecular flexibility index (Phi) is 11.7. The summed E-state index contributed by atoms with van der Waals surface area (Å²) in [6.45, 7) is 11.2. The summed E-state index contributed by atoms with van der Waals surface area (Å²) < 4.78 is 59.8. The van der Waals surface area contributed by atoms with E-state index in [4.69, 9.17) is 47.0 Å². The van der Waals surface area contributed by atoms with E-state index in [2.05, 4.69) is 0 Å². The summed E-state index contributed by atoms with van der Waals surface area (Å²) in [4.78, 5) is 0. The van der Waals surface area contributed by atoms with Gasteiger partial charge in [-0.25, -0.2) is 0 Å². The topological polar surface area (TPSA) is 161 Å². The Morgan fingerprint density at radius 1 is 0.794 bits per heavy atom. The second-order valence-electron chi connectivity index (χ2n) is 10.9. The van der Waals surface area contributed by atoms with Crippen LogP contribution < -0.4 is 22.9 Å². The molecule has 2 rings (SSSR count). The van der Waals surface area contributed by atoms with Crippen molar-refractivity contribution in [2.45, 2.75) is 134 Å². The molecule has 34 heavy (non-hydrogen) atoms. The number of aliphatic hydroxyl groups is 1. The Labute approximate surface area is 201 Å². The van der Waals surface area contributed by atoms with Crippen LogP contribution in [0.5, 0.6) is 0 Å². The number of aliphatic hydroxyl groups excluding tert-OH is 1. The highest BCUT2D eigenvalue weighted by molar-refractivity contribution is 4.87. The molecule has 8 atom stereocenters. The number of nitrogens with two attached hydrogens (primary N) is 4. The fourth-order valence-electron chi connectivity index (χ4n) is 3.50. The monoisotopic (exact) mass is 502 g/mol. The molecule has 0 aromatic heterocycles. The highest BCUT2D eigenvalue weighted by atomic mass is 19.4. The lowest BCUT2D eigenvalue weighted by molar-refractivity contribution is -0.264. The van der Waals surface area contributed by atoms with Crippen LogP contribution >= 0.6 is 0 Å². The van der Waals surface area contributed by atoms with Crippen LogP contribution in [0.3, 0.4) is 0 Å². The first-order chi connectivity index (χ1) is 15.3. The van der Waals surface area contributed by atoms with Gasteiger partial charge in [-0.15, -0.1) is 0 Å². The summed E-state index contributed by atoms with van der Waals surface area (Å²) >= 11 is 0. The maximum Gasteiger partial charge on any atom is 0.406 e. The standard InChI is InChI=1S/C11H21F3N2O2.C11H24N2O3/c1-10(2,3)18-9-6(15)4-5-7(17-9)8(16)11(12,13)14;1-11(2,3)16-10-7(12)4-5-9(15-10)8(13)6-14/h6-9H,4-5,15-16H2,1-3H3;7-10,14H,4-6,12-13H2,1-3H3/t6-,7?,8?,9-;7-,8?,9?,10-/m11/s1. The average Bonchev–Trinajstić information content (AvgIpc) is 2.68. The van der Waals surface area contributed by atoms with Crippen LogP contribution in [-0.2, 0) is 18.9 Å². The molecule has 2 saturated heterocycles. The zero-order valence-electron chi connectivity index (χ0n) is 21.2. The number of halogens is 3. The van der Waals surface area contributed by atoms with Gasteiger partial charge in [0.05, 0.1) is 48.1 Å². The normalized spacial score (nSPS) is 33.0. The van der Waals surface area contributed by atoms with Gasteiger partial charge in [0.15, 0.2) is 12.6 Å². The van der Waals surface area contributed by atoms with Gasteiger partial charge in [-0.2, -0.15) is 13.2 Å². The van der Waals surface area contributed by atoms with Crippen LogP contribution in [0.2, 0.25) is 0 Å². The molecule has 2 heterocycles. The van der Waals surface area contributed by atoms with E-state index >= 15 is 0 Å². The minimum absolute atomic E-state index is 0.0812. The molecule has 0 saturated carbocycles. The van der Waals surface area contributed by atoms with Crippen LogP contribution in [-0.4, -0.2) is 78.0 Å². The SMILES string of the molecule is CC(C)(C)O[C@H]1OC(C(N)C(F)(F)F)CC[C@H]1N.CC(C)(C)O[C@H]1OC(C(N)CO)CC[C@H]1N. The summed E-state index contributed by atoms with van der Waals surface area (Å²) in [5.41, 5.74) is 21.8. The Morgan fingerprint density at radius 2 is 1.18 bits per heavy atom. The van der Waals surface area contributed by atoms with Crippen LogP contribution in [0.1, 0.15) is 67.2 Å². The van der Waals surface area contributed by atoms with Crippen molar-refractivity contribution < 1.29 is 37.2 Å². The van der Waals surface area contributed by atoms with E-state index in [1.54, 1.807) is 20.8 Å². The van der Waals surface area contributed by atoms with Crippen molar-refractivity contribution in [2.24, 2.45) is 22.9 Å². The van der Waals surface area contributed by atoms with E-state index in [0.29, 0.717) is 6.42 Å². The van der Waals surface area contributed by atoms with Gasteiger partial charge in [0.1, 0.15) is 6.04 Å². The van der Waals surface area contributed by atoms with Gasteiger partial charge in [-0.3, -0.25) is 0 Å². The van der Waals surface area contributed by atoms with Crippen molar-refractivity contribution in [3.8, 4) is 0 Å². The van der Waals surface area contributed by atoms with E-state index in [0.717, 1.165) is 12.8 Å². The second kappa shape index (κ2) is 12.6. The molecule has 2 aliphatic rings. The number of hydrogen-bond donors (Lipinski definition) is 5. The van der Waals surface area contributed by atoms with Gasteiger partial charge in [0.25, 0.3) is 0 Å². The quantitative estimate of drug-likeness (QED) is 0.375. The molecule has 0 radical (unpaired) electrons. The molecular weight excluding hydrogens is 457 g/mol. The van der Waals surface area contributed by atoms with E-state index in [-0.39, 0.29) is 36.8 Å². The Balaban J connectivity index is 0.000000342. The second-order valence-corrected chi connectivity index (χ2v) is 10.9. The van der Waals surface area contributed by atoms with Gasteiger partial charge >= 0.3 is 6.18 Å². The predicted octanol–water partition coefficient (Wildman–Crippen LogP) is 1.48. The number of rotatable bonds is 5. The number of alkyl halides is 3. The molecular formula is C22H45F3N4O5. The minimum atomic E-state index is -4.47. The fraction of sp³-hybridized carbons (Fsp3) is 1.00. The summed E-state index contributed by atoms with van der Waals surface area (Å²) in [7, 11) is 0. The van der Waals surface area contributed by atoms with Crippen LogP contribution in [0.4, 0.5) is 13.2 Å². The maximum absolute atomic E-state index is 12.5. The van der Waals surface area contributed by atoms with E-state index in [9.17, 15) is 13.2 Å². The zero-order valence-corrected chi connectivity index (χ0v) is 21.2. The smallest absolute Gasteiger partial charge is 0.395 e. The summed E-state index contributed by atoms with van der Waals surface area (Å²) in [6.07, 6.45) is -4.87. The van der Waals surface area contributed by atoms with Crippen LogP contribution in [0, 0.1) is 0 Å². The molecule has 0 aromatic rings. The first-order valence-electron chi connectivity index (χ1n) is 11.7. The number of ether oxygens (including phenoxy) is 4. The summed E-state index contributed by atoms with van der Waals surface area (Å²) in [5, 5.41) is 8.99. The van der Waals surface area contributed by atoms with Gasteiger partial charge in [0.2, 0.25) is 0 Å². The zero-order chi connectivity index (χ0) is 26.5. The van der Waals surface area contributed by atoms with Crippen molar-refractivity contribution in [1.29, 1.82) is 0 Å². The molecule has 0 spiro atoms. The third kappa shape index (κ3) is 11.0. The van der Waals surface area contributed by atoms with Crippen molar-refractivity contribution in [3.05, 3.63) is 0 Å². The highest BCUT2D eigenvalue weighted by Crippen LogP contribution is 2.30. The summed E-state index contributed by atoms with van der Waals surface area (Å²) in [5.74, 6) is 0. The van der Waals surface area contributed by atoms with Crippen molar-refractivity contribution in [1.82, 2.24) is 0 Å². The molecule has 2 fully saturated rings. The molecule has 0 amide bonds.